The molecule has 2 aromatic rings. The molecule has 114 valence electrons. The van der Waals surface area contributed by atoms with Gasteiger partial charge in [-0.25, -0.2) is 8.42 Å². The average Bonchev–Trinajstić information content (AvgIpc) is 3.09. The van der Waals surface area contributed by atoms with Crippen LogP contribution in [0.15, 0.2) is 21.8 Å². The van der Waals surface area contributed by atoms with Crippen LogP contribution in [0.2, 0.25) is 0 Å². The highest BCUT2D eigenvalue weighted by atomic mass is 32.2. The van der Waals surface area contributed by atoms with Gasteiger partial charge in [-0.2, -0.15) is 19.3 Å². The first kappa shape index (κ1) is 14.2. The molecular weight excluding hydrogens is 294 g/mol. The fourth-order valence-electron chi connectivity index (χ4n) is 2.70. The molecule has 1 fully saturated rings. The van der Waals surface area contributed by atoms with E-state index in [4.69, 9.17) is 4.52 Å². The molecule has 0 amide bonds. The van der Waals surface area contributed by atoms with Gasteiger partial charge in [0.25, 0.3) is 0 Å². The number of sulfonamides is 1. The number of aryl methyl sites for hydroxylation is 2. The molecule has 0 saturated carbocycles. The van der Waals surface area contributed by atoms with Crippen LogP contribution < -0.4 is 0 Å². The smallest absolute Gasteiger partial charge is 0.248 e. The second kappa shape index (κ2) is 5.23. The van der Waals surface area contributed by atoms with Gasteiger partial charge in [0.2, 0.25) is 10.0 Å². The molecule has 0 aliphatic carbocycles. The summed E-state index contributed by atoms with van der Waals surface area (Å²) in [5.41, 5.74) is 0.406. The van der Waals surface area contributed by atoms with Crippen LogP contribution in [0.5, 0.6) is 0 Å². The van der Waals surface area contributed by atoms with E-state index >= 15 is 0 Å². The monoisotopic (exact) mass is 311 g/mol. The average molecular weight is 311 g/mol. The van der Waals surface area contributed by atoms with Gasteiger partial charge >= 0.3 is 0 Å². The summed E-state index contributed by atoms with van der Waals surface area (Å²) >= 11 is 0. The minimum atomic E-state index is -3.55. The van der Waals surface area contributed by atoms with Gasteiger partial charge in [0.1, 0.15) is 10.6 Å². The van der Waals surface area contributed by atoms with Crippen molar-refractivity contribution in [3.63, 3.8) is 0 Å². The second-order valence-corrected chi connectivity index (χ2v) is 7.01. The quantitative estimate of drug-likeness (QED) is 0.836. The Hall–Kier alpha value is -1.74. The third kappa shape index (κ3) is 2.46. The summed E-state index contributed by atoms with van der Waals surface area (Å²) in [6.45, 7) is 4.15. The summed E-state index contributed by atoms with van der Waals surface area (Å²) in [6, 6.07) is 0.149. The van der Waals surface area contributed by atoms with E-state index in [9.17, 15) is 8.42 Å². The third-order valence-corrected chi connectivity index (χ3v) is 5.90. The van der Waals surface area contributed by atoms with Crippen molar-refractivity contribution in [2.45, 2.75) is 37.6 Å². The Kier molecular flexibility index (Phi) is 3.54. The molecule has 1 aliphatic rings. The lowest BCUT2D eigenvalue weighted by Crippen LogP contribution is -2.39. The molecule has 3 rings (SSSR count). The summed E-state index contributed by atoms with van der Waals surface area (Å²) in [5.74, 6) is 0.336. The SMILES string of the molecule is Cc1noc(C)c1S(=O)(=O)N1CCC(n2nccn2)CC1. The lowest BCUT2D eigenvalue weighted by molar-refractivity contribution is 0.244. The van der Waals surface area contributed by atoms with Crippen molar-refractivity contribution in [1.82, 2.24) is 24.5 Å². The van der Waals surface area contributed by atoms with E-state index in [-0.39, 0.29) is 10.9 Å². The van der Waals surface area contributed by atoms with Crippen molar-refractivity contribution in [2.75, 3.05) is 13.1 Å². The van der Waals surface area contributed by atoms with Gasteiger partial charge in [-0.05, 0) is 26.7 Å². The molecular formula is C12H17N5O3S. The molecule has 2 aromatic heterocycles. The topological polar surface area (TPSA) is 94.1 Å². The molecule has 1 saturated heterocycles. The van der Waals surface area contributed by atoms with Crippen LogP contribution >= 0.6 is 0 Å². The first-order valence-electron chi connectivity index (χ1n) is 6.79. The first-order valence-corrected chi connectivity index (χ1v) is 8.23. The highest BCUT2D eigenvalue weighted by molar-refractivity contribution is 7.89. The molecule has 21 heavy (non-hydrogen) atoms. The van der Waals surface area contributed by atoms with Gasteiger partial charge < -0.3 is 4.52 Å². The first-order chi connectivity index (χ1) is 10.00. The molecule has 0 atom stereocenters. The Labute approximate surface area is 122 Å². The highest BCUT2D eigenvalue weighted by Crippen LogP contribution is 2.28. The molecule has 8 nitrogen and oxygen atoms in total. The van der Waals surface area contributed by atoms with Crippen molar-refractivity contribution in [3.05, 3.63) is 23.8 Å². The van der Waals surface area contributed by atoms with Crippen molar-refractivity contribution < 1.29 is 12.9 Å². The maximum Gasteiger partial charge on any atom is 0.248 e. The standard InChI is InChI=1S/C12H17N5O3S/c1-9-12(10(2)20-15-9)21(18,19)16-7-3-11(4-8-16)17-13-5-6-14-17/h5-6,11H,3-4,7-8H2,1-2H3. The largest absolute Gasteiger partial charge is 0.360 e. The van der Waals surface area contributed by atoms with Crippen molar-refractivity contribution in [1.29, 1.82) is 0 Å². The number of hydrogen-bond acceptors (Lipinski definition) is 6. The van der Waals surface area contributed by atoms with Crippen molar-refractivity contribution >= 4 is 10.0 Å². The van der Waals surface area contributed by atoms with Crippen LogP contribution in [-0.2, 0) is 10.0 Å². The summed E-state index contributed by atoms with van der Waals surface area (Å²) in [6.07, 6.45) is 4.65. The third-order valence-electron chi connectivity index (χ3n) is 3.75. The van der Waals surface area contributed by atoms with E-state index in [0.29, 0.717) is 37.4 Å². The van der Waals surface area contributed by atoms with Gasteiger partial charge in [0.05, 0.1) is 18.4 Å². The van der Waals surface area contributed by atoms with Crippen LogP contribution in [0.1, 0.15) is 30.3 Å². The van der Waals surface area contributed by atoms with Crippen LogP contribution in [-0.4, -0.2) is 46.0 Å². The zero-order valence-electron chi connectivity index (χ0n) is 11.9. The maximum atomic E-state index is 12.7. The lowest BCUT2D eigenvalue weighted by Gasteiger charge is -2.30. The molecule has 0 unspecified atom stereocenters. The predicted octanol–water partition coefficient (Wildman–Crippen LogP) is 0.909. The van der Waals surface area contributed by atoms with Gasteiger partial charge in [-0.3, -0.25) is 0 Å². The summed E-state index contributed by atoms with van der Waals surface area (Å²) < 4.78 is 31.8. The van der Waals surface area contributed by atoms with Crippen LogP contribution in [0.4, 0.5) is 0 Å². The van der Waals surface area contributed by atoms with Gasteiger partial charge in [-0.1, -0.05) is 5.16 Å². The van der Waals surface area contributed by atoms with Gasteiger partial charge in [-0.15, -0.1) is 0 Å². The van der Waals surface area contributed by atoms with E-state index in [1.807, 2.05) is 0 Å². The summed E-state index contributed by atoms with van der Waals surface area (Å²) in [7, 11) is -3.55. The number of piperidine rings is 1. The molecule has 0 aromatic carbocycles. The fraction of sp³-hybridized carbons (Fsp3) is 0.583. The minimum Gasteiger partial charge on any atom is -0.360 e. The molecule has 3 heterocycles. The zero-order chi connectivity index (χ0) is 15.0. The minimum absolute atomic E-state index is 0.149. The number of aromatic nitrogens is 4. The number of rotatable bonds is 3. The van der Waals surface area contributed by atoms with E-state index in [1.165, 1.54) is 4.31 Å². The summed E-state index contributed by atoms with van der Waals surface area (Å²) in [4.78, 5) is 1.85. The Morgan fingerprint density at radius 2 is 1.81 bits per heavy atom. The molecule has 0 radical (unpaired) electrons. The van der Waals surface area contributed by atoms with Crippen molar-refractivity contribution in [3.8, 4) is 0 Å². The fourth-order valence-corrected chi connectivity index (χ4v) is 4.46. The van der Waals surface area contributed by atoms with Crippen molar-refractivity contribution in [2.24, 2.45) is 0 Å². The van der Waals surface area contributed by atoms with Crippen LogP contribution in [0, 0.1) is 13.8 Å². The number of hydrogen-bond donors (Lipinski definition) is 0. The van der Waals surface area contributed by atoms with Gasteiger partial charge in [0, 0.05) is 13.1 Å². The molecule has 0 bridgehead atoms. The van der Waals surface area contributed by atoms with Crippen LogP contribution in [0.25, 0.3) is 0 Å². The van der Waals surface area contributed by atoms with E-state index in [2.05, 4.69) is 15.4 Å². The molecule has 0 N–H and O–H groups in total. The Morgan fingerprint density at radius 3 is 2.33 bits per heavy atom. The lowest BCUT2D eigenvalue weighted by atomic mass is 10.1. The van der Waals surface area contributed by atoms with Crippen LogP contribution in [0.3, 0.4) is 0 Å². The Bertz CT molecular complexity index is 695. The van der Waals surface area contributed by atoms with E-state index in [1.54, 1.807) is 31.0 Å². The highest BCUT2D eigenvalue weighted by Gasteiger charge is 2.34. The predicted molar refractivity (Wildman–Crippen MR) is 73.0 cm³/mol. The Morgan fingerprint density at radius 1 is 1.19 bits per heavy atom. The Balaban J connectivity index is 1.77. The molecule has 9 heteroatoms. The van der Waals surface area contributed by atoms with Gasteiger partial charge in [0.15, 0.2) is 5.76 Å². The normalized spacial score (nSPS) is 18.2. The van der Waals surface area contributed by atoms with E-state index in [0.717, 1.165) is 0 Å². The summed E-state index contributed by atoms with van der Waals surface area (Å²) in [5, 5.41) is 12.0. The van der Waals surface area contributed by atoms with E-state index < -0.39 is 10.0 Å². The number of nitrogens with zero attached hydrogens (tertiary/aromatic N) is 5. The maximum absolute atomic E-state index is 12.7. The second-order valence-electron chi connectivity index (χ2n) is 5.14. The molecule has 1 aliphatic heterocycles. The molecule has 0 spiro atoms. The zero-order valence-corrected chi connectivity index (χ0v) is 12.7.